The van der Waals surface area contributed by atoms with Crippen LogP contribution in [-0.4, -0.2) is 34.7 Å². The molecule has 0 aromatic rings. The number of carbonyl (C=O) groups excluding carboxylic acids is 1. The minimum Gasteiger partial charge on any atom is -0.396 e. The molecular weight excluding hydrogens is 224 g/mol. The molecule has 0 fully saturated rings. The lowest BCUT2D eigenvalue weighted by Crippen LogP contribution is -2.49. The number of nitrogens with one attached hydrogen (secondary N) is 1. The van der Waals surface area contributed by atoms with E-state index in [9.17, 15) is 4.79 Å². The summed E-state index contributed by atoms with van der Waals surface area (Å²) in [5.41, 5.74) is -0.797. The number of nitrogens with zero attached hydrogens (tertiary/aromatic N) is 1. The Balaban J connectivity index is 3.99. The largest absolute Gasteiger partial charge is 0.396 e. The van der Waals surface area contributed by atoms with Crippen molar-refractivity contribution >= 4 is 17.7 Å². The molecule has 0 saturated heterocycles. The number of aliphatic hydroxyl groups is 1. The predicted molar refractivity (Wildman–Crippen MR) is 66.0 cm³/mol. The third-order valence-electron chi connectivity index (χ3n) is 2.47. The Morgan fingerprint density at radius 1 is 1.62 bits per heavy atom. The molecule has 92 valence electrons. The maximum atomic E-state index is 11.5. The molecular formula is C11H20N2O2S. The second-order valence-electron chi connectivity index (χ2n) is 4.15. The Hall–Kier alpha value is -0.730. The van der Waals surface area contributed by atoms with Gasteiger partial charge in [-0.15, -0.1) is 0 Å². The standard InChI is InChI=1S/C11H20N2O2S/c1-9(2)11(3,8-12)13-10(15)7-16-6-4-5-14/h9,14H,4-7H2,1-3H3,(H,13,15). The Kier molecular flexibility index (Phi) is 7.18. The first-order chi connectivity index (χ1) is 7.46. The number of nitriles is 1. The van der Waals surface area contributed by atoms with Crippen molar-refractivity contribution in [2.24, 2.45) is 5.92 Å². The molecule has 2 N–H and O–H groups in total. The Bertz CT molecular complexity index is 263. The summed E-state index contributed by atoms with van der Waals surface area (Å²) in [6.45, 7) is 5.69. The van der Waals surface area contributed by atoms with Crippen LogP contribution in [0.3, 0.4) is 0 Å². The van der Waals surface area contributed by atoms with E-state index in [0.29, 0.717) is 12.2 Å². The van der Waals surface area contributed by atoms with E-state index in [1.165, 1.54) is 11.8 Å². The van der Waals surface area contributed by atoms with Crippen LogP contribution in [0, 0.1) is 17.2 Å². The lowest BCUT2D eigenvalue weighted by atomic mass is 9.90. The molecule has 0 aromatic carbocycles. The summed E-state index contributed by atoms with van der Waals surface area (Å²) in [7, 11) is 0. The molecule has 0 aliphatic heterocycles. The monoisotopic (exact) mass is 244 g/mol. The average Bonchev–Trinajstić information content (AvgIpc) is 2.24. The van der Waals surface area contributed by atoms with Crippen molar-refractivity contribution in [3.8, 4) is 6.07 Å². The summed E-state index contributed by atoms with van der Waals surface area (Å²) in [6.07, 6.45) is 0.692. The Labute approximate surface area is 101 Å². The van der Waals surface area contributed by atoms with Crippen LogP contribution < -0.4 is 5.32 Å². The van der Waals surface area contributed by atoms with Crippen molar-refractivity contribution in [2.45, 2.75) is 32.7 Å². The van der Waals surface area contributed by atoms with Crippen molar-refractivity contribution in [3.05, 3.63) is 0 Å². The third-order valence-corrected chi connectivity index (χ3v) is 3.51. The quantitative estimate of drug-likeness (QED) is 0.659. The van der Waals surface area contributed by atoms with Gasteiger partial charge in [0.15, 0.2) is 0 Å². The highest BCUT2D eigenvalue weighted by Crippen LogP contribution is 2.15. The molecule has 0 spiro atoms. The number of hydrogen-bond acceptors (Lipinski definition) is 4. The van der Waals surface area contributed by atoms with Gasteiger partial charge in [0.1, 0.15) is 5.54 Å². The highest BCUT2D eigenvalue weighted by atomic mass is 32.2. The number of aliphatic hydroxyl groups excluding tert-OH is 1. The molecule has 1 atom stereocenters. The fraction of sp³-hybridized carbons (Fsp3) is 0.818. The van der Waals surface area contributed by atoms with Gasteiger partial charge in [-0.3, -0.25) is 4.79 Å². The van der Waals surface area contributed by atoms with E-state index in [2.05, 4.69) is 11.4 Å². The number of hydrogen-bond donors (Lipinski definition) is 2. The highest BCUT2D eigenvalue weighted by molar-refractivity contribution is 7.99. The molecule has 0 saturated carbocycles. The van der Waals surface area contributed by atoms with Crippen molar-refractivity contribution in [1.29, 1.82) is 5.26 Å². The van der Waals surface area contributed by atoms with E-state index in [1.54, 1.807) is 6.92 Å². The van der Waals surface area contributed by atoms with Gasteiger partial charge in [-0.1, -0.05) is 13.8 Å². The molecule has 0 bridgehead atoms. The van der Waals surface area contributed by atoms with E-state index < -0.39 is 5.54 Å². The average molecular weight is 244 g/mol. The fourth-order valence-corrected chi connectivity index (χ4v) is 1.69. The van der Waals surface area contributed by atoms with E-state index in [4.69, 9.17) is 10.4 Å². The van der Waals surface area contributed by atoms with Gasteiger partial charge in [-0.05, 0) is 25.0 Å². The lowest BCUT2D eigenvalue weighted by molar-refractivity contribution is -0.120. The number of carbonyl (C=O) groups is 1. The first-order valence-corrected chi connectivity index (χ1v) is 6.52. The first-order valence-electron chi connectivity index (χ1n) is 5.37. The normalized spacial score (nSPS) is 14.2. The van der Waals surface area contributed by atoms with Crippen molar-refractivity contribution in [3.63, 3.8) is 0 Å². The van der Waals surface area contributed by atoms with Gasteiger partial charge in [-0.2, -0.15) is 17.0 Å². The van der Waals surface area contributed by atoms with Gasteiger partial charge in [0.2, 0.25) is 5.91 Å². The van der Waals surface area contributed by atoms with Crippen LogP contribution in [-0.2, 0) is 4.79 Å². The summed E-state index contributed by atoms with van der Waals surface area (Å²) in [4.78, 5) is 11.5. The van der Waals surface area contributed by atoms with E-state index in [-0.39, 0.29) is 18.4 Å². The smallest absolute Gasteiger partial charge is 0.231 e. The lowest BCUT2D eigenvalue weighted by Gasteiger charge is -2.27. The van der Waals surface area contributed by atoms with Gasteiger partial charge in [0.25, 0.3) is 0 Å². The zero-order chi connectivity index (χ0) is 12.6. The minimum absolute atomic E-state index is 0.0730. The van der Waals surface area contributed by atoms with Crippen molar-refractivity contribution < 1.29 is 9.90 Å². The second kappa shape index (κ2) is 7.53. The van der Waals surface area contributed by atoms with Crippen molar-refractivity contribution in [1.82, 2.24) is 5.32 Å². The van der Waals surface area contributed by atoms with Gasteiger partial charge in [0, 0.05) is 6.61 Å². The first kappa shape index (κ1) is 15.3. The summed E-state index contributed by atoms with van der Waals surface area (Å²) < 4.78 is 0. The molecule has 0 radical (unpaired) electrons. The predicted octanol–water partition coefficient (Wildman–Crippen LogP) is 1.16. The van der Waals surface area contributed by atoms with Gasteiger partial charge in [-0.25, -0.2) is 0 Å². The molecule has 4 nitrogen and oxygen atoms in total. The van der Waals surface area contributed by atoms with Crippen LogP contribution in [0.15, 0.2) is 0 Å². The molecule has 5 heteroatoms. The van der Waals surface area contributed by atoms with Gasteiger partial charge < -0.3 is 10.4 Å². The molecule has 0 aromatic heterocycles. The fourth-order valence-electron chi connectivity index (χ4n) is 0.959. The molecule has 0 heterocycles. The Morgan fingerprint density at radius 3 is 2.69 bits per heavy atom. The number of amides is 1. The SMILES string of the molecule is CC(C)C(C)(C#N)NC(=O)CSCCCO. The second-order valence-corrected chi connectivity index (χ2v) is 5.25. The molecule has 1 unspecified atom stereocenters. The molecule has 0 aliphatic rings. The van der Waals surface area contributed by atoms with Crippen LogP contribution in [0.5, 0.6) is 0 Å². The maximum Gasteiger partial charge on any atom is 0.231 e. The van der Waals surface area contributed by atoms with Crippen LogP contribution >= 0.6 is 11.8 Å². The summed E-state index contributed by atoms with van der Waals surface area (Å²) in [6, 6.07) is 2.13. The molecule has 0 aliphatic carbocycles. The summed E-state index contributed by atoms with van der Waals surface area (Å²) >= 11 is 1.47. The van der Waals surface area contributed by atoms with Crippen LogP contribution in [0.2, 0.25) is 0 Å². The number of rotatable bonds is 7. The Morgan fingerprint density at radius 2 is 2.25 bits per heavy atom. The zero-order valence-corrected chi connectivity index (χ0v) is 10.9. The summed E-state index contributed by atoms with van der Waals surface area (Å²) in [5, 5.41) is 20.3. The summed E-state index contributed by atoms with van der Waals surface area (Å²) in [5.74, 6) is 1.04. The highest BCUT2D eigenvalue weighted by Gasteiger charge is 2.29. The van der Waals surface area contributed by atoms with Crippen LogP contribution in [0.4, 0.5) is 0 Å². The van der Waals surface area contributed by atoms with Crippen LogP contribution in [0.25, 0.3) is 0 Å². The van der Waals surface area contributed by atoms with Gasteiger partial charge in [0.05, 0.1) is 11.8 Å². The maximum absolute atomic E-state index is 11.5. The molecule has 1 amide bonds. The topological polar surface area (TPSA) is 73.1 Å². The van der Waals surface area contributed by atoms with E-state index in [0.717, 1.165) is 5.75 Å². The third kappa shape index (κ3) is 5.38. The molecule has 0 rings (SSSR count). The van der Waals surface area contributed by atoms with Gasteiger partial charge >= 0.3 is 0 Å². The molecule has 16 heavy (non-hydrogen) atoms. The van der Waals surface area contributed by atoms with E-state index in [1.807, 2.05) is 13.8 Å². The van der Waals surface area contributed by atoms with Crippen LogP contribution in [0.1, 0.15) is 27.2 Å². The zero-order valence-electron chi connectivity index (χ0n) is 10.1. The van der Waals surface area contributed by atoms with E-state index >= 15 is 0 Å². The number of thioether (sulfide) groups is 1. The minimum atomic E-state index is -0.797. The van der Waals surface area contributed by atoms with Crippen molar-refractivity contribution in [2.75, 3.05) is 18.1 Å².